The minimum absolute atomic E-state index is 0.783. The highest BCUT2D eigenvalue weighted by atomic mass is 32.2. The number of rotatable bonds is 4. The van der Waals surface area contributed by atoms with Crippen LogP contribution in [-0.2, 0) is 10.1 Å². The first-order valence-electron chi connectivity index (χ1n) is 3.76. The van der Waals surface area contributed by atoms with Crippen LogP contribution in [0.15, 0.2) is 11.9 Å². The summed E-state index contributed by atoms with van der Waals surface area (Å²) in [5, 5.41) is 0. The van der Waals surface area contributed by atoms with E-state index in [4.69, 9.17) is 4.55 Å². The highest BCUT2D eigenvalue weighted by Gasteiger charge is 2.74. The molecule has 0 heterocycles. The number of alkyl halides is 7. The summed E-state index contributed by atoms with van der Waals surface area (Å²) in [5.74, 6) is -18.2. The topological polar surface area (TPSA) is 54.4 Å². The van der Waals surface area contributed by atoms with Gasteiger partial charge in [-0.15, -0.1) is 0 Å². The smallest absolute Gasteiger partial charge is 0.285 e. The predicted molar refractivity (Wildman–Crippen MR) is 41.6 cm³/mol. The molecule has 0 saturated carbocycles. The summed E-state index contributed by atoms with van der Waals surface area (Å²) >= 11 is 0. The van der Waals surface area contributed by atoms with E-state index in [1.165, 1.54) is 0 Å². The van der Waals surface area contributed by atoms with Crippen molar-refractivity contribution in [2.45, 2.75) is 18.0 Å². The largest absolute Gasteiger partial charge is 0.460 e. The lowest BCUT2D eigenvalue weighted by molar-refractivity contribution is -0.347. The van der Waals surface area contributed by atoms with Gasteiger partial charge in [-0.25, -0.2) is 4.39 Å². The first-order valence-corrected chi connectivity index (χ1v) is 5.37. The molecule has 0 fully saturated rings. The standard InChI is InChI=1S/C6H4F8O3S/c7-3(1-2-18(15,16)17)4(8,9)5(10,11)6(12,13)14/h1H,2H2,(H,15,16,17). The predicted octanol–water partition coefficient (Wildman–Crippen LogP) is 2.56. The Labute approximate surface area is 94.8 Å². The van der Waals surface area contributed by atoms with Gasteiger partial charge in [-0.05, 0) is 6.08 Å². The van der Waals surface area contributed by atoms with Gasteiger partial charge in [-0.1, -0.05) is 0 Å². The van der Waals surface area contributed by atoms with Crippen LogP contribution < -0.4 is 0 Å². The molecule has 0 aromatic heterocycles. The average molecular weight is 308 g/mol. The molecule has 3 nitrogen and oxygen atoms in total. The normalized spacial score (nSPS) is 15.9. The Hall–Kier alpha value is -0.910. The van der Waals surface area contributed by atoms with E-state index in [2.05, 4.69) is 0 Å². The minimum Gasteiger partial charge on any atom is -0.285 e. The van der Waals surface area contributed by atoms with Crippen molar-refractivity contribution in [2.75, 3.05) is 5.75 Å². The van der Waals surface area contributed by atoms with Crippen molar-refractivity contribution in [1.29, 1.82) is 0 Å². The summed E-state index contributed by atoms with van der Waals surface area (Å²) in [4.78, 5) is 0. The number of hydrogen-bond donors (Lipinski definition) is 1. The molecule has 0 spiro atoms. The van der Waals surface area contributed by atoms with E-state index < -0.39 is 45.8 Å². The third kappa shape index (κ3) is 3.54. The summed E-state index contributed by atoms with van der Waals surface area (Å²) in [6.07, 6.45) is -7.52. The van der Waals surface area contributed by atoms with Crippen molar-refractivity contribution in [1.82, 2.24) is 0 Å². The Bertz CT molecular complexity index is 434. The van der Waals surface area contributed by atoms with Crippen LogP contribution >= 0.6 is 0 Å². The monoisotopic (exact) mass is 308 g/mol. The summed E-state index contributed by atoms with van der Waals surface area (Å²) < 4.78 is 125. The van der Waals surface area contributed by atoms with Crippen molar-refractivity contribution in [3.05, 3.63) is 11.9 Å². The molecule has 0 bridgehead atoms. The van der Waals surface area contributed by atoms with Crippen LogP contribution in [0, 0.1) is 0 Å². The van der Waals surface area contributed by atoms with Gasteiger partial charge < -0.3 is 0 Å². The maximum Gasteiger partial charge on any atom is 0.460 e. The molecule has 0 atom stereocenters. The SMILES string of the molecule is O=S(=O)(O)CC=C(F)C(F)(F)C(F)(F)C(F)(F)F. The van der Waals surface area contributed by atoms with Gasteiger partial charge in [0.25, 0.3) is 10.1 Å². The molecule has 0 saturated heterocycles. The molecule has 1 N–H and O–H groups in total. The van der Waals surface area contributed by atoms with Crippen molar-refractivity contribution >= 4 is 10.1 Å². The van der Waals surface area contributed by atoms with Crippen molar-refractivity contribution in [3.63, 3.8) is 0 Å². The lowest BCUT2D eigenvalue weighted by Gasteiger charge is -2.26. The van der Waals surface area contributed by atoms with Gasteiger partial charge in [0.1, 0.15) is 0 Å². The molecular formula is C6H4F8O3S. The molecule has 0 aliphatic rings. The second kappa shape index (κ2) is 4.64. The zero-order chi connectivity index (χ0) is 15.0. The molecule has 0 radical (unpaired) electrons. The molecule has 0 rings (SSSR count). The molecule has 0 aromatic rings. The highest BCUT2D eigenvalue weighted by Crippen LogP contribution is 2.49. The quantitative estimate of drug-likeness (QED) is 0.641. The molecular weight excluding hydrogens is 304 g/mol. The van der Waals surface area contributed by atoms with Gasteiger partial charge in [0, 0.05) is 0 Å². The lowest BCUT2D eigenvalue weighted by Crippen LogP contribution is -2.52. The Morgan fingerprint density at radius 1 is 1.06 bits per heavy atom. The lowest BCUT2D eigenvalue weighted by atomic mass is 10.1. The summed E-state index contributed by atoms with van der Waals surface area (Å²) in [6, 6.07) is 0. The summed E-state index contributed by atoms with van der Waals surface area (Å²) in [6.45, 7) is 0. The Balaban J connectivity index is 5.40. The van der Waals surface area contributed by atoms with Gasteiger partial charge in [-0.3, -0.25) is 4.55 Å². The van der Waals surface area contributed by atoms with Crippen LogP contribution in [0.2, 0.25) is 0 Å². The van der Waals surface area contributed by atoms with Gasteiger partial charge in [0.05, 0.1) is 5.75 Å². The van der Waals surface area contributed by atoms with Crippen LogP contribution in [0.5, 0.6) is 0 Å². The molecule has 0 aromatic carbocycles. The molecule has 0 aliphatic carbocycles. The van der Waals surface area contributed by atoms with E-state index in [9.17, 15) is 43.5 Å². The molecule has 12 heteroatoms. The second-order valence-corrected chi connectivity index (χ2v) is 4.44. The molecule has 18 heavy (non-hydrogen) atoms. The van der Waals surface area contributed by atoms with Crippen LogP contribution in [0.25, 0.3) is 0 Å². The van der Waals surface area contributed by atoms with Gasteiger partial charge >= 0.3 is 18.0 Å². The minimum atomic E-state index is -6.74. The molecule has 108 valence electrons. The summed E-state index contributed by atoms with van der Waals surface area (Å²) in [7, 11) is -5.04. The number of halogens is 8. The third-order valence-electron chi connectivity index (χ3n) is 1.52. The first kappa shape index (κ1) is 17.1. The van der Waals surface area contributed by atoms with Crippen LogP contribution in [0.1, 0.15) is 0 Å². The van der Waals surface area contributed by atoms with Crippen LogP contribution in [0.4, 0.5) is 35.1 Å². The van der Waals surface area contributed by atoms with E-state index >= 15 is 0 Å². The third-order valence-corrected chi connectivity index (χ3v) is 2.11. The van der Waals surface area contributed by atoms with Crippen molar-refractivity contribution in [3.8, 4) is 0 Å². The van der Waals surface area contributed by atoms with E-state index in [1.54, 1.807) is 0 Å². The van der Waals surface area contributed by atoms with Gasteiger partial charge in [0.15, 0.2) is 5.83 Å². The van der Waals surface area contributed by atoms with Gasteiger partial charge in [0.2, 0.25) is 0 Å². The van der Waals surface area contributed by atoms with E-state index in [0.29, 0.717) is 0 Å². The highest BCUT2D eigenvalue weighted by molar-refractivity contribution is 7.85. The molecule has 0 amide bonds. The van der Waals surface area contributed by atoms with E-state index in [-0.39, 0.29) is 0 Å². The van der Waals surface area contributed by atoms with E-state index in [1.807, 2.05) is 0 Å². The second-order valence-electron chi connectivity index (χ2n) is 2.95. The zero-order valence-corrected chi connectivity index (χ0v) is 8.80. The fourth-order valence-corrected chi connectivity index (χ4v) is 0.992. The fraction of sp³-hybridized carbons (Fsp3) is 0.667. The fourth-order valence-electron chi connectivity index (χ4n) is 0.635. The Morgan fingerprint density at radius 3 is 1.72 bits per heavy atom. The van der Waals surface area contributed by atoms with Crippen LogP contribution in [0.3, 0.4) is 0 Å². The van der Waals surface area contributed by atoms with Crippen molar-refractivity contribution < 1.29 is 48.1 Å². The molecule has 0 aliphatic heterocycles. The summed E-state index contributed by atoms with van der Waals surface area (Å²) in [5.41, 5.74) is 0. The number of allylic oxidation sites excluding steroid dienone is 1. The maximum absolute atomic E-state index is 12.5. The Kier molecular flexibility index (Phi) is 4.41. The maximum atomic E-state index is 12.5. The zero-order valence-electron chi connectivity index (χ0n) is 7.98. The Morgan fingerprint density at radius 2 is 1.44 bits per heavy atom. The molecule has 0 unspecified atom stereocenters. The number of hydrogen-bond acceptors (Lipinski definition) is 2. The van der Waals surface area contributed by atoms with Crippen LogP contribution in [-0.4, -0.2) is 36.7 Å². The van der Waals surface area contributed by atoms with E-state index in [0.717, 1.165) is 0 Å². The van der Waals surface area contributed by atoms with Crippen molar-refractivity contribution in [2.24, 2.45) is 0 Å². The average Bonchev–Trinajstić information content (AvgIpc) is 2.10. The van der Waals surface area contributed by atoms with Gasteiger partial charge in [-0.2, -0.15) is 39.2 Å². The first-order chi connectivity index (χ1) is 7.63.